The number of rotatable bonds is 3. The van der Waals surface area contributed by atoms with Crippen LogP contribution in [0.25, 0.3) is 0 Å². The summed E-state index contributed by atoms with van der Waals surface area (Å²) < 4.78 is 43.9. The number of aromatic amines is 1. The van der Waals surface area contributed by atoms with Gasteiger partial charge in [-0.2, -0.15) is 13.2 Å². The summed E-state index contributed by atoms with van der Waals surface area (Å²) in [7, 11) is 1.14. The Morgan fingerprint density at radius 2 is 1.61 bits per heavy atom. The summed E-state index contributed by atoms with van der Waals surface area (Å²) in [6.45, 7) is 3.06. The number of hydrogen-bond donors (Lipinski definition) is 1. The highest BCUT2D eigenvalue weighted by Gasteiger charge is 2.36. The molecule has 23 heavy (non-hydrogen) atoms. The first kappa shape index (κ1) is 16.8. The molecule has 0 aliphatic heterocycles. The third-order valence-electron chi connectivity index (χ3n) is 3.47. The zero-order valence-electron chi connectivity index (χ0n) is 12.7. The molecule has 4 nitrogen and oxygen atoms in total. The second-order valence-corrected chi connectivity index (χ2v) is 4.99. The summed E-state index contributed by atoms with van der Waals surface area (Å²) in [5, 5.41) is 0. The van der Waals surface area contributed by atoms with Crippen LogP contribution in [-0.4, -0.2) is 23.8 Å². The van der Waals surface area contributed by atoms with E-state index in [0.717, 1.165) is 19.2 Å². The molecule has 0 radical (unpaired) electrons. The SMILES string of the molecule is COC(=O)c1c(C)[nH]c(C)c1C(=O)c1ccccc1C(F)(F)F. The Balaban J connectivity index is 2.67. The molecule has 0 unspecified atom stereocenters. The number of ketones is 1. The molecule has 0 aliphatic carbocycles. The maximum absolute atomic E-state index is 13.1. The van der Waals surface area contributed by atoms with Gasteiger partial charge in [0, 0.05) is 17.0 Å². The van der Waals surface area contributed by atoms with Gasteiger partial charge in [-0.05, 0) is 19.9 Å². The molecule has 0 amide bonds. The van der Waals surface area contributed by atoms with E-state index in [9.17, 15) is 22.8 Å². The van der Waals surface area contributed by atoms with E-state index in [-0.39, 0.29) is 11.1 Å². The molecule has 0 spiro atoms. The molecule has 0 saturated carbocycles. The summed E-state index contributed by atoms with van der Waals surface area (Å²) in [6.07, 6.45) is -4.67. The third-order valence-corrected chi connectivity index (χ3v) is 3.47. The van der Waals surface area contributed by atoms with Gasteiger partial charge in [0.1, 0.15) is 0 Å². The zero-order valence-corrected chi connectivity index (χ0v) is 12.7. The van der Waals surface area contributed by atoms with Crippen LogP contribution in [0.15, 0.2) is 24.3 Å². The molecule has 0 saturated heterocycles. The molecule has 1 heterocycles. The molecule has 2 aromatic rings. The number of ether oxygens (including phenoxy) is 1. The van der Waals surface area contributed by atoms with Gasteiger partial charge in [-0.1, -0.05) is 18.2 Å². The Kier molecular flexibility index (Phi) is 4.31. The Hall–Kier alpha value is -2.57. The second-order valence-electron chi connectivity index (χ2n) is 4.99. The van der Waals surface area contributed by atoms with Crippen LogP contribution in [0.3, 0.4) is 0 Å². The largest absolute Gasteiger partial charge is 0.465 e. The molecular weight excluding hydrogens is 311 g/mol. The smallest absolute Gasteiger partial charge is 0.417 e. The molecule has 0 fully saturated rings. The summed E-state index contributed by atoms with van der Waals surface area (Å²) in [6, 6.07) is 4.47. The molecule has 122 valence electrons. The highest BCUT2D eigenvalue weighted by atomic mass is 19.4. The predicted molar refractivity (Wildman–Crippen MR) is 76.5 cm³/mol. The Morgan fingerprint density at radius 3 is 2.17 bits per heavy atom. The second kappa shape index (κ2) is 5.91. The number of esters is 1. The predicted octanol–water partition coefficient (Wildman–Crippen LogP) is 3.67. The van der Waals surface area contributed by atoms with Gasteiger partial charge in [0.15, 0.2) is 5.78 Å². The van der Waals surface area contributed by atoms with E-state index in [2.05, 4.69) is 9.72 Å². The van der Waals surface area contributed by atoms with Crippen molar-refractivity contribution < 1.29 is 27.5 Å². The van der Waals surface area contributed by atoms with E-state index in [1.165, 1.54) is 19.1 Å². The number of aryl methyl sites for hydroxylation is 2. The summed E-state index contributed by atoms with van der Waals surface area (Å²) >= 11 is 0. The van der Waals surface area contributed by atoms with E-state index in [4.69, 9.17) is 0 Å². The number of halogens is 3. The van der Waals surface area contributed by atoms with E-state index in [1.807, 2.05) is 0 Å². The maximum atomic E-state index is 13.1. The van der Waals surface area contributed by atoms with Crippen LogP contribution in [0.2, 0.25) is 0 Å². The fraction of sp³-hybridized carbons (Fsp3) is 0.250. The van der Waals surface area contributed by atoms with Crippen LogP contribution >= 0.6 is 0 Å². The lowest BCUT2D eigenvalue weighted by Gasteiger charge is -2.12. The normalized spacial score (nSPS) is 11.4. The quantitative estimate of drug-likeness (QED) is 0.692. The summed E-state index contributed by atoms with van der Waals surface area (Å²) in [5.74, 6) is -1.65. The van der Waals surface area contributed by atoms with Crippen molar-refractivity contribution in [3.05, 3.63) is 57.9 Å². The first-order valence-corrected chi connectivity index (χ1v) is 6.66. The number of hydrogen-bond acceptors (Lipinski definition) is 3. The van der Waals surface area contributed by atoms with Crippen LogP contribution in [0.5, 0.6) is 0 Å². The van der Waals surface area contributed by atoms with Gasteiger partial charge in [0.25, 0.3) is 0 Å². The minimum absolute atomic E-state index is 0.0491. The minimum atomic E-state index is -4.67. The van der Waals surface area contributed by atoms with Gasteiger partial charge in [0.2, 0.25) is 0 Å². The topological polar surface area (TPSA) is 59.2 Å². The number of carbonyl (C=O) groups excluding carboxylic acids is 2. The van der Waals surface area contributed by atoms with Crippen molar-refractivity contribution in [1.29, 1.82) is 0 Å². The van der Waals surface area contributed by atoms with Gasteiger partial charge in [-0.25, -0.2) is 4.79 Å². The molecule has 1 N–H and O–H groups in total. The molecule has 0 atom stereocenters. The summed E-state index contributed by atoms with van der Waals surface area (Å²) in [4.78, 5) is 27.3. The molecule has 1 aromatic carbocycles. The molecule has 1 aromatic heterocycles. The molecule has 0 aliphatic rings. The standard InChI is InChI=1S/C16H14F3NO3/c1-8-12(13(9(2)20-8)15(22)23-3)14(21)10-6-4-5-7-11(10)16(17,18)19/h4-7,20H,1-3H3. The van der Waals surface area contributed by atoms with E-state index < -0.39 is 29.1 Å². The monoisotopic (exact) mass is 325 g/mol. The molecular formula is C16H14F3NO3. The fourth-order valence-corrected chi connectivity index (χ4v) is 2.49. The zero-order chi connectivity index (χ0) is 17.4. The van der Waals surface area contributed by atoms with Gasteiger partial charge in [-0.3, -0.25) is 4.79 Å². The first-order chi connectivity index (χ1) is 10.7. The fourth-order valence-electron chi connectivity index (χ4n) is 2.49. The van der Waals surface area contributed by atoms with E-state index in [0.29, 0.717) is 11.4 Å². The van der Waals surface area contributed by atoms with Crippen molar-refractivity contribution in [2.45, 2.75) is 20.0 Å². The third kappa shape index (κ3) is 2.99. The molecule has 7 heteroatoms. The lowest BCUT2D eigenvalue weighted by atomic mass is 9.95. The van der Waals surface area contributed by atoms with Crippen LogP contribution in [0, 0.1) is 13.8 Å². The van der Waals surface area contributed by atoms with Crippen molar-refractivity contribution in [3.8, 4) is 0 Å². The molecule has 2 rings (SSSR count). The number of carbonyl (C=O) groups is 2. The number of nitrogens with one attached hydrogen (secondary N) is 1. The van der Waals surface area contributed by atoms with Crippen LogP contribution in [0.1, 0.15) is 43.2 Å². The van der Waals surface area contributed by atoms with Crippen molar-refractivity contribution in [1.82, 2.24) is 4.98 Å². The van der Waals surface area contributed by atoms with Crippen molar-refractivity contribution >= 4 is 11.8 Å². The van der Waals surface area contributed by atoms with Crippen molar-refractivity contribution in [3.63, 3.8) is 0 Å². The number of methoxy groups -OCH3 is 1. The van der Waals surface area contributed by atoms with Crippen molar-refractivity contribution in [2.24, 2.45) is 0 Å². The minimum Gasteiger partial charge on any atom is -0.465 e. The van der Waals surface area contributed by atoms with Crippen LogP contribution in [0.4, 0.5) is 13.2 Å². The summed E-state index contributed by atoms with van der Waals surface area (Å²) in [5.41, 5.74) is -1.03. The average Bonchev–Trinajstić information content (AvgIpc) is 2.79. The average molecular weight is 325 g/mol. The Labute approximate surface area is 130 Å². The number of benzene rings is 1. The van der Waals surface area contributed by atoms with Gasteiger partial charge in [0.05, 0.1) is 23.8 Å². The van der Waals surface area contributed by atoms with Crippen molar-refractivity contribution in [2.75, 3.05) is 7.11 Å². The molecule has 0 bridgehead atoms. The Morgan fingerprint density at radius 1 is 1.04 bits per heavy atom. The number of H-pyrrole nitrogens is 1. The lowest BCUT2D eigenvalue weighted by Crippen LogP contribution is -2.16. The lowest BCUT2D eigenvalue weighted by molar-refractivity contribution is -0.137. The number of aromatic nitrogens is 1. The maximum Gasteiger partial charge on any atom is 0.417 e. The number of alkyl halides is 3. The highest BCUT2D eigenvalue weighted by Crippen LogP contribution is 2.34. The van der Waals surface area contributed by atoms with E-state index >= 15 is 0 Å². The highest BCUT2D eigenvalue weighted by molar-refractivity contribution is 6.16. The van der Waals surface area contributed by atoms with Gasteiger partial charge in [-0.15, -0.1) is 0 Å². The first-order valence-electron chi connectivity index (χ1n) is 6.66. The van der Waals surface area contributed by atoms with Gasteiger partial charge < -0.3 is 9.72 Å². The Bertz CT molecular complexity index is 775. The van der Waals surface area contributed by atoms with Crippen LogP contribution in [-0.2, 0) is 10.9 Å². The van der Waals surface area contributed by atoms with E-state index in [1.54, 1.807) is 6.92 Å². The van der Waals surface area contributed by atoms with Crippen LogP contribution < -0.4 is 0 Å². The van der Waals surface area contributed by atoms with Gasteiger partial charge >= 0.3 is 12.1 Å².